The smallest absolute Gasteiger partial charge is 0.338 e. The Morgan fingerprint density at radius 2 is 1.72 bits per heavy atom. The molecule has 0 amide bonds. The standard InChI is InChI=1S/C23H30N2O6S/c1-16-13-21(18(3)25(16)17(2)14-30-4)22(26)15-31-23(27)19-7-9-20(10-8-19)32(28,29)24-11-5-6-12-24/h7-10,13,17H,5-6,11-12,14-15H2,1-4H3. The first kappa shape index (κ1) is 24.2. The van der Waals surface area contributed by atoms with E-state index < -0.39 is 22.6 Å². The van der Waals surface area contributed by atoms with Crippen LogP contribution in [-0.4, -0.2) is 62.5 Å². The summed E-state index contributed by atoms with van der Waals surface area (Å²) in [6.07, 6.45) is 1.71. The first-order valence-corrected chi connectivity index (χ1v) is 12.1. The molecule has 1 fully saturated rings. The zero-order chi connectivity index (χ0) is 23.5. The first-order chi connectivity index (χ1) is 15.2. The van der Waals surface area contributed by atoms with Gasteiger partial charge in [0.15, 0.2) is 6.61 Å². The normalized spacial score (nSPS) is 15.6. The molecule has 32 heavy (non-hydrogen) atoms. The highest BCUT2D eigenvalue weighted by Gasteiger charge is 2.27. The predicted molar refractivity (Wildman–Crippen MR) is 120 cm³/mol. The third-order valence-electron chi connectivity index (χ3n) is 5.76. The number of hydrogen-bond donors (Lipinski definition) is 0. The number of benzene rings is 1. The van der Waals surface area contributed by atoms with Gasteiger partial charge in [-0.3, -0.25) is 4.79 Å². The van der Waals surface area contributed by atoms with E-state index in [1.807, 2.05) is 25.3 Å². The minimum Gasteiger partial charge on any atom is -0.454 e. The second kappa shape index (κ2) is 9.97. The van der Waals surface area contributed by atoms with Crippen molar-refractivity contribution in [3.05, 3.63) is 52.8 Å². The summed E-state index contributed by atoms with van der Waals surface area (Å²) in [7, 11) is -1.92. The van der Waals surface area contributed by atoms with E-state index in [4.69, 9.17) is 9.47 Å². The summed E-state index contributed by atoms with van der Waals surface area (Å²) >= 11 is 0. The van der Waals surface area contributed by atoms with Crippen LogP contribution in [0.1, 0.15) is 57.9 Å². The molecule has 2 aromatic rings. The van der Waals surface area contributed by atoms with Crippen LogP contribution in [0.25, 0.3) is 0 Å². The van der Waals surface area contributed by atoms with Gasteiger partial charge in [0.2, 0.25) is 15.8 Å². The maximum atomic E-state index is 12.7. The number of ether oxygens (including phenoxy) is 2. The largest absolute Gasteiger partial charge is 0.454 e. The van der Waals surface area contributed by atoms with Crippen LogP contribution in [0.3, 0.4) is 0 Å². The first-order valence-electron chi connectivity index (χ1n) is 10.6. The number of methoxy groups -OCH3 is 1. The summed E-state index contributed by atoms with van der Waals surface area (Å²) in [6.45, 7) is 6.93. The Morgan fingerprint density at radius 3 is 2.31 bits per heavy atom. The van der Waals surface area contributed by atoms with Crippen molar-refractivity contribution in [3.63, 3.8) is 0 Å². The molecule has 1 aromatic heterocycles. The molecule has 1 aliphatic rings. The number of hydrogen-bond acceptors (Lipinski definition) is 6. The van der Waals surface area contributed by atoms with E-state index in [-0.39, 0.29) is 22.3 Å². The molecule has 0 radical (unpaired) electrons. The zero-order valence-corrected chi connectivity index (χ0v) is 19.8. The molecular formula is C23H30N2O6S. The number of esters is 1. The minimum absolute atomic E-state index is 0.0689. The molecule has 1 saturated heterocycles. The molecule has 0 saturated carbocycles. The summed E-state index contributed by atoms with van der Waals surface area (Å²) in [5.74, 6) is -0.972. The lowest BCUT2D eigenvalue weighted by molar-refractivity contribution is 0.0474. The average molecular weight is 463 g/mol. The number of aromatic nitrogens is 1. The van der Waals surface area contributed by atoms with Gasteiger partial charge in [-0.25, -0.2) is 13.2 Å². The number of ketones is 1. The Morgan fingerprint density at radius 1 is 1.09 bits per heavy atom. The Bertz CT molecular complexity index is 1080. The zero-order valence-electron chi connectivity index (χ0n) is 19.0. The highest BCUT2D eigenvalue weighted by molar-refractivity contribution is 7.89. The number of rotatable bonds is 9. The number of nitrogens with zero attached hydrogens (tertiary/aromatic N) is 2. The van der Waals surface area contributed by atoms with Crippen LogP contribution < -0.4 is 0 Å². The number of aryl methyl sites for hydroxylation is 1. The summed E-state index contributed by atoms with van der Waals surface area (Å²) in [6, 6.07) is 7.48. The number of carbonyl (C=O) groups excluding carboxylic acids is 2. The number of sulfonamides is 1. The quantitative estimate of drug-likeness (QED) is 0.420. The van der Waals surface area contributed by atoms with Crippen LogP contribution in [0.4, 0.5) is 0 Å². The Labute approximate surface area is 189 Å². The van der Waals surface area contributed by atoms with Crippen LogP contribution in [-0.2, 0) is 19.5 Å². The van der Waals surface area contributed by atoms with Gasteiger partial charge < -0.3 is 14.0 Å². The Hall–Kier alpha value is -2.49. The van der Waals surface area contributed by atoms with Gasteiger partial charge in [0.05, 0.1) is 23.1 Å². The number of Topliss-reactive ketones (excluding diaryl/α,β-unsaturated/α-hetero) is 1. The predicted octanol–water partition coefficient (Wildman–Crippen LogP) is 3.14. The van der Waals surface area contributed by atoms with E-state index in [1.54, 1.807) is 13.2 Å². The summed E-state index contributed by atoms with van der Waals surface area (Å²) in [5, 5.41) is 0. The lowest BCUT2D eigenvalue weighted by Gasteiger charge is -2.17. The van der Waals surface area contributed by atoms with E-state index in [0.29, 0.717) is 25.3 Å². The van der Waals surface area contributed by atoms with Gasteiger partial charge in [0.1, 0.15) is 0 Å². The van der Waals surface area contributed by atoms with E-state index in [0.717, 1.165) is 24.2 Å². The van der Waals surface area contributed by atoms with Gasteiger partial charge >= 0.3 is 5.97 Å². The highest BCUT2D eigenvalue weighted by Crippen LogP contribution is 2.23. The minimum atomic E-state index is -3.54. The van der Waals surface area contributed by atoms with E-state index in [9.17, 15) is 18.0 Å². The van der Waals surface area contributed by atoms with E-state index in [1.165, 1.54) is 28.6 Å². The molecule has 9 heteroatoms. The molecule has 1 aliphatic heterocycles. The fourth-order valence-electron chi connectivity index (χ4n) is 4.19. The lowest BCUT2D eigenvalue weighted by atomic mass is 10.1. The summed E-state index contributed by atoms with van der Waals surface area (Å²) < 4.78 is 39.1. The SMILES string of the molecule is COCC(C)n1c(C)cc(C(=O)COC(=O)c2ccc(S(=O)(=O)N3CCCC3)cc2)c1C. The van der Waals surface area contributed by atoms with Crippen LogP contribution in [0.15, 0.2) is 35.2 Å². The monoisotopic (exact) mass is 462 g/mol. The molecule has 174 valence electrons. The van der Waals surface area contributed by atoms with Crippen molar-refractivity contribution >= 4 is 21.8 Å². The molecule has 0 N–H and O–H groups in total. The van der Waals surface area contributed by atoms with Crippen molar-refractivity contribution in [1.29, 1.82) is 0 Å². The third-order valence-corrected chi connectivity index (χ3v) is 7.67. The van der Waals surface area contributed by atoms with E-state index in [2.05, 4.69) is 0 Å². The van der Waals surface area contributed by atoms with Crippen molar-refractivity contribution in [2.24, 2.45) is 0 Å². The van der Waals surface area contributed by atoms with Crippen molar-refractivity contribution in [2.45, 2.75) is 44.6 Å². The molecule has 0 aliphatic carbocycles. The molecule has 3 rings (SSSR count). The van der Waals surface area contributed by atoms with Gasteiger partial charge in [0, 0.05) is 37.2 Å². The third kappa shape index (κ3) is 4.95. The second-order valence-electron chi connectivity index (χ2n) is 8.09. The van der Waals surface area contributed by atoms with Crippen LogP contribution in [0.5, 0.6) is 0 Å². The fourth-order valence-corrected chi connectivity index (χ4v) is 5.70. The van der Waals surface area contributed by atoms with Crippen molar-refractivity contribution in [3.8, 4) is 0 Å². The molecule has 1 atom stereocenters. The average Bonchev–Trinajstić information content (AvgIpc) is 3.41. The van der Waals surface area contributed by atoms with Gasteiger partial charge in [-0.2, -0.15) is 4.31 Å². The maximum Gasteiger partial charge on any atom is 0.338 e. The van der Waals surface area contributed by atoms with Crippen LogP contribution in [0, 0.1) is 13.8 Å². The Balaban J connectivity index is 1.65. The second-order valence-corrected chi connectivity index (χ2v) is 10.0. The van der Waals surface area contributed by atoms with Gasteiger partial charge in [0.25, 0.3) is 0 Å². The van der Waals surface area contributed by atoms with Crippen LogP contribution >= 0.6 is 0 Å². The summed E-state index contributed by atoms with van der Waals surface area (Å²) in [4.78, 5) is 25.2. The molecule has 1 aromatic carbocycles. The molecular weight excluding hydrogens is 432 g/mol. The van der Waals surface area contributed by atoms with Gasteiger partial charge in [-0.15, -0.1) is 0 Å². The molecule has 2 heterocycles. The summed E-state index contributed by atoms with van der Waals surface area (Å²) in [5.41, 5.74) is 2.42. The maximum absolute atomic E-state index is 12.7. The molecule has 8 nitrogen and oxygen atoms in total. The van der Waals surface area contributed by atoms with Crippen molar-refractivity contribution < 1.29 is 27.5 Å². The van der Waals surface area contributed by atoms with Crippen molar-refractivity contribution in [2.75, 3.05) is 33.4 Å². The molecule has 1 unspecified atom stereocenters. The van der Waals surface area contributed by atoms with Gasteiger partial charge in [-0.05, 0) is 63.9 Å². The Kier molecular flexibility index (Phi) is 7.53. The van der Waals surface area contributed by atoms with Crippen molar-refractivity contribution in [1.82, 2.24) is 8.87 Å². The topological polar surface area (TPSA) is 94.9 Å². The number of carbonyl (C=O) groups is 2. The molecule has 0 spiro atoms. The fraction of sp³-hybridized carbons (Fsp3) is 0.478. The molecule has 0 bridgehead atoms. The lowest BCUT2D eigenvalue weighted by Crippen LogP contribution is -2.27. The van der Waals surface area contributed by atoms with Gasteiger partial charge in [-0.1, -0.05) is 0 Å². The highest BCUT2D eigenvalue weighted by atomic mass is 32.2. The van der Waals surface area contributed by atoms with E-state index >= 15 is 0 Å². The van der Waals surface area contributed by atoms with Crippen LogP contribution in [0.2, 0.25) is 0 Å².